The van der Waals surface area contributed by atoms with Crippen LogP contribution in [0.2, 0.25) is 0 Å². The highest BCUT2D eigenvalue weighted by Gasteiger charge is 2.15. The average molecular weight is 323 g/mol. The number of aryl methyl sites for hydroxylation is 2. The molecule has 3 rings (SSSR count). The van der Waals surface area contributed by atoms with E-state index in [4.69, 9.17) is 0 Å². The van der Waals surface area contributed by atoms with Crippen molar-refractivity contribution in [2.45, 2.75) is 52.4 Å². The molecule has 0 saturated carbocycles. The number of benzene rings is 2. The third kappa shape index (κ3) is 3.28. The molecule has 0 radical (unpaired) electrons. The number of H-pyrrole nitrogens is 1. The van der Waals surface area contributed by atoms with E-state index in [0.29, 0.717) is 5.75 Å². The maximum atomic E-state index is 10.9. The molecule has 0 fully saturated rings. The first-order chi connectivity index (χ1) is 11.7. The summed E-state index contributed by atoms with van der Waals surface area (Å²) in [4.78, 5) is 0. The SMILES string of the molecule is CCCCc1cc(CCCC)c(O)c(-c2cccc3[nH]nnc23)c1. The Kier molecular flexibility index (Phi) is 5.14. The van der Waals surface area contributed by atoms with Crippen LogP contribution in [-0.2, 0) is 12.8 Å². The van der Waals surface area contributed by atoms with Gasteiger partial charge in [-0.25, -0.2) is 0 Å². The number of rotatable bonds is 7. The maximum Gasteiger partial charge on any atom is 0.126 e. The van der Waals surface area contributed by atoms with E-state index >= 15 is 0 Å². The van der Waals surface area contributed by atoms with Crippen molar-refractivity contribution in [3.05, 3.63) is 41.5 Å². The summed E-state index contributed by atoms with van der Waals surface area (Å²) in [6, 6.07) is 10.2. The van der Waals surface area contributed by atoms with Gasteiger partial charge in [-0.05, 0) is 48.9 Å². The average Bonchev–Trinajstić information content (AvgIpc) is 3.08. The molecule has 0 aliphatic heterocycles. The summed E-state index contributed by atoms with van der Waals surface area (Å²) < 4.78 is 0. The summed E-state index contributed by atoms with van der Waals surface area (Å²) in [5, 5.41) is 21.9. The number of nitrogens with zero attached hydrogens (tertiary/aromatic N) is 2. The third-order valence-corrected chi connectivity index (χ3v) is 4.51. The van der Waals surface area contributed by atoms with Gasteiger partial charge in [0.05, 0.1) is 5.52 Å². The molecule has 0 aliphatic carbocycles. The van der Waals surface area contributed by atoms with Crippen molar-refractivity contribution in [3.8, 4) is 16.9 Å². The first-order valence-electron chi connectivity index (χ1n) is 8.89. The number of hydrogen-bond acceptors (Lipinski definition) is 3. The Morgan fingerprint density at radius 1 is 1.00 bits per heavy atom. The van der Waals surface area contributed by atoms with Gasteiger partial charge in [0.25, 0.3) is 0 Å². The summed E-state index contributed by atoms with van der Waals surface area (Å²) in [5.41, 5.74) is 5.84. The van der Waals surface area contributed by atoms with Crippen LogP contribution in [-0.4, -0.2) is 20.5 Å². The van der Waals surface area contributed by atoms with Crippen LogP contribution in [0.25, 0.3) is 22.2 Å². The van der Waals surface area contributed by atoms with Crippen LogP contribution in [0.5, 0.6) is 5.75 Å². The van der Waals surface area contributed by atoms with Crippen molar-refractivity contribution in [1.29, 1.82) is 0 Å². The highest BCUT2D eigenvalue weighted by atomic mass is 16.3. The van der Waals surface area contributed by atoms with Gasteiger partial charge in [-0.15, -0.1) is 5.10 Å². The minimum Gasteiger partial charge on any atom is -0.507 e. The lowest BCUT2D eigenvalue weighted by atomic mass is 9.93. The van der Waals surface area contributed by atoms with Crippen molar-refractivity contribution in [1.82, 2.24) is 15.4 Å². The van der Waals surface area contributed by atoms with E-state index < -0.39 is 0 Å². The molecule has 1 aromatic heterocycles. The molecular formula is C20H25N3O. The number of aromatic hydroxyl groups is 1. The normalized spacial score (nSPS) is 11.2. The molecule has 1 heterocycles. The minimum absolute atomic E-state index is 0.388. The number of phenolic OH excluding ortho intramolecular Hbond substituents is 1. The van der Waals surface area contributed by atoms with E-state index in [2.05, 4.69) is 41.4 Å². The monoisotopic (exact) mass is 323 g/mol. The van der Waals surface area contributed by atoms with Gasteiger partial charge in [-0.2, -0.15) is 0 Å². The quantitative estimate of drug-likeness (QED) is 0.642. The Bertz CT molecular complexity index is 823. The summed E-state index contributed by atoms with van der Waals surface area (Å²) in [5.74, 6) is 0.388. The predicted octanol–water partition coefficient (Wildman–Crippen LogP) is 5.02. The second-order valence-corrected chi connectivity index (χ2v) is 6.37. The van der Waals surface area contributed by atoms with Crippen molar-refractivity contribution in [3.63, 3.8) is 0 Å². The van der Waals surface area contributed by atoms with Gasteiger partial charge in [-0.1, -0.05) is 50.1 Å². The van der Waals surface area contributed by atoms with Gasteiger partial charge in [0.2, 0.25) is 0 Å². The van der Waals surface area contributed by atoms with Crippen LogP contribution >= 0.6 is 0 Å². The fraction of sp³-hybridized carbons (Fsp3) is 0.400. The zero-order chi connectivity index (χ0) is 16.9. The van der Waals surface area contributed by atoms with E-state index in [9.17, 15) is 5.11 Å². The summed E-state index contributed by atoms with van der Waals surface area (Å²) in [6.07, 6.45) is 6.47. The van der Waals surface area contributed by atoms with Crippen molar-refractivity contribution >= 4 is 11.0 Å². The fourth-order valence-electron chi connectivity index (χ4n) is 3.14. The van der Waals surface area contributed by atoms with Gasteiger partial charge < -0.3 is 5.11 Å². The molecule has 2 N–H and O–H groups in total. The molecule has 4 nitrogen and oxygen atoms in total. The van der Waals surface area contributed by atoms with Gasteiger partial charge in [0.15, 0.2) is 0 Å². The molecule has 0 aliphatic rings. The first-order valence-corrected chi connectivity index (χ1v) is 8.89. The van der Waals surface area contributed by atoms with Crippen LogP contribution in [0, 0.1) is 0 Å². The number of phenols is 1. The van der Waals surface area contributed by atoms with Crippen LogP contribution in [0.1, 0.15) is 50.7 Å². The molecule has 0 amide bonds. The molecule has 0 bridgehead atoms. The van der Waals surface area contributed by atoms with Crippen LogP contribution in [0.3, 0.4) is 0 Å². The van der Waals surface area contributed by atoms with Gasteiger partial charge >= 0.3 is 0 Å². The van der Waals surface area contributed by atoms with E-state index in [0.717, 1.165) is 59.8 Å². The Labute approximate surface area is 142 Å². The number of hydrogen-bond donors (Lipinski definition) is 2. The van der Waals surface area contributed by atoms with Gasteiger partial charge in [0, 0.05) is 11.1 Å². The molecule has 0 saturated heterocycles. The maximum absolute atomic E-state index is 10.9. The summed E-state index contributed by atoms with van der Waals surface area (Å²) in [6.45, 7) is 4.38. The molecule has 0 atom stereocenters. The zero-order valence-corrected chi connectivity index (χ0v) is 14.5. The lowest BCUT2D eigenvalue weighted by Gasteiger charge is -2.14. The predicted molar refractivity (Wildman–Crippen MR) is 98.2 cm³/mol. The number of aromatic nitrogens is 3. The lowest BCUT2D eigenvalue weighted by Crippen LogP contribution is -1.95. The number of fused-ring (bicyclic) bond motifs is 1. The number of nitrogens with one attached hydrogen (secondary N) is 1. The summed E-state index contributed by atoms with van der Waals surface area (Å²) in [7, 11) is 0. The van der Waals surface area contributed by atoms with Crippen molar-refractivity contribution < 1.29 is 5.11 Å². The van der Waals surface area contributed by atoms with Crippen LogP contribution in [0.15, 0.2) is 30.3 Å². The van der Waals surface area contributed by atoms with Crippen molar-refractivity contribution in [2.24, 2.45) is 0 Å². The molecule has 0 unspecified atom stereocenters. The molecule has 126 valence electrons. The van der Waals surface area contributed by atoms with Gasteiger partial charge in [-0.3, -0.25) is 5.10 Å². The largest absolute Gasteiger partial charge is 0.507 e. The molecule has 0 spiro atoms. The van der Waals surface area contributed by atoms with Crippen LogP contribution < -0.4 is 0 Å². The smallest absolute Gasteiger partial charge is 0.126 e. The van der Waals surface area contributed by atoms with E-state index in [1.165, 1.54) is 12.0 Å². The Hall–Kier alpha value is -2.36. The molecule has 24 heavy (non-hydrogen) atoms. The molecular weight excluding hydrogens is 298 g/mol. The van der Waals surface area contributed by atoms with Crippen molar-refractivity contribution in [2.75, 3.05) is 0 Å². The fourth-order valence-corrected chi connectivity index (χ4v) is 3.14. The van der Waals surface area contributed by atoms with E-state index in [-0.39, 0.29) is 0 Å². The standard InChI is InChI=1S/C20H25N3O/c1-3-5-8-14-12-15(9-6-4-2)20(24)17(13-14)16-10-7-11-18-19(16)22-23-21-18/h7,10-13,24H,3-6,8-9H2,1-2H3,(H,21,22,23). The van der Waals surface area contributed by atoms with Crippen LogP contribution in [0.4, 0.5) is 0 Å². The lowest BCUT2D eigenvalue weighted by molar-refractivity contribution is 0.468. The Morgan fingerprint density at radius 3 is 2.58 bits per heavy atom. The second-order valence-electron chi connectivity index (χ2n) is 6.37. The highest BCUT2D eigenvalue weighted by molar-refractivity contribution is 5.93. The van der Waals surface area contributed by atoms with E-state index in [1.807, 2.05) is 18.2 Å². The van der Waals surface area contributed by atoms with Gasteiger partial charge in [0.1, 0.15) is 11.3 Å². The number of unbranched alkanes of at least 4 members (excludes halogenated alkanes) is 2. The second kappa shape index (κ2) is 7.47. The number of aromatic amines is 1. The highest BCUT2D eigenvalue weighted by Crippen LogP contribution is 2.37. The minimum atomic E-state index is 0.388. The molecule has 3 aromatic rings. The topological polar surface area (TPSA) is 61.8 Å². The Balaban J connectivity index is 2.12. The summed E-state index contributed by atoms with van der Waals surface area (Å²) >= 11 is 0. The van der Waals surface area contributed by atoms with E-state index in [1.54, 1.807) is 0 Å². The third-order valence-electron chi connectivity index (χ3n) is 4.51. The molecule has 2 aromatic carbocycles. The Morgan fingerprint density at radius 2 is 1.79 bits per heavy atom. The molecule has 4 heteroatoms. The first kappa shape index (κ1) is 16.5. The zero-order valence-electron chi connectivity index (χ0n) is 14.5.